The van der Waals surface area contributed by atoms with Crippen molar-refractivity contribution in [2.75, 3.05) is 6.16 Å². The third-order valence-corrected chi connectivity index (χ3v) is 8.55. The molecule has 0 aromatic heterocycles. The van der Waals surface area contributed by atoms with Crippen LogP contribution in [-0.4, -0.2) is 12.1 Å². The van der Waals surface area contributed by atoms with Gasteiger partial charge in [-0.1, -0.05) is 54.6 Å². The highest BCUT2D eigenvalue weighted by Gasteiger charge is 2.43. The van der Waals surface area contributed by atoms with Crippen molar-refractivity contribution in [3.8, 4) is 0 Å². The zero-order valence-electron chi connectivity index (χ0n) is 15.3. The predicted octanol–water partition coefficient (Wildman–Crippen LogP) is 2.81. The second-order valence-electron chi connectivity index (χ2n) is 5.62. The van der Waals surface area contributed by atoms with E-state index in [2.05, 4.69) is 97.9 Å². The molecule has 0 aliphatic heterocycles. The number of carboxylic acid groups (broad SMARTS) is 1. The number of hydrogen-bond donors (Lipinski definition) is 0. The van der Waals surface area contributed by atoms with Gasteiger partial charge in [0.1, 0.15) is 23.2 Å². The fourth-order valence-corrected chi connectivity index (χ4v) is 7.08. The van der Waals surface area contributed by atoms with E-state index in [1.807, 2.05) is 0 Å². The zero-order valence-corrected chi connectivity index (χ0v) is 17.6. The number of hydrogen-bond acceptors (Lipinski definition) is 2. The molecule has 4 heteroatoms. The van der Waals surface area contributed by atoms with E-state index in [1.165, 1.54) is 15.9 Å². The molecule has 0 N–H and O–H groups in total. The third-order valence-electron chi connectivity index (χ3n) is 4.07. The monoisotopic (exact) mass is 384 g/mol. The number of carboxylic acids is 1. The Morgan fingerprint density at radius 1 is 0.731 bits per heavy atom. The molecule has 0 spiro atoms. The van der Waals surface area contributed by atoms with Gasteiger partial charge in [0.25, 0.3) is 0 Å². The smallest absolute Gasteiger partial charge is 0.111 e. The van der Waals surface area contributed by atoms with Crippen molar-refractivity contribution >= 4 is 39.0 Å². The number of carbonyl (C=O) groups is 1. The van der Waals surface area contributed by atoms with Crippen molar-refractivity contribution < 1.29 is 9.90 Å². The van der Waals surface area contributed by atoms with Gasteiger partial charge in [-0.3, -0.25) is 0 Å². The van der Waals surface area contributed by atoms with Crippen molar-refractivity contribution in [3.05, 3.63) is 91.0 Å². The van der Waals surface area contributed by atoms with Gasteiger partial charge in [-0.05, 0) is 50.2 Å². The number of benzene rings is 3. The number of rotatable bonds is 4. The molecule has 3 aromatic carbocycles. The highest BCUT2D eigenvalue weighted by atomic mass is 31.2. The first-order chi connectivity index (χ1) is 12.1. The maximum atomic E-state index is 8.89. The second kappa shape index (κ2) is 10.9. The van der Waals surface area contributed by atoms with Crippen LogP contribution in [0.3, 0.4) is 0 Å². The fourth-order valence-electron chi connectivity index (χ4n) is 3.04. The van der Waals surface area contributed by atoms with Gasteiger partial charge in [0.05, 0.1) is 6.16 Å². The summed E-state index contributed by atoms with van der Waals surface area (Å²) in [6.45, 7) is 3.29. The van der Waals surface area contributed by atoms with E-state index in [4.69, 9.17) is 9.90 Å². The van der Waals surface area contributed by atoms with E-state index < -0.39 is 13.2 Å². The van der Waals surface area contributed by atoms with Crippen LogP contribution >= 0.6 is 17.2 Å². The van der Waals surface area contributed by atoms with Crippen LogP contribution in [0.15, 0.2) is 91.0 Å². The topological polar surface area (TPSA) is 40.1 Å². The average molecular weight is 384 g/mol. The summed E-state index contributed by atoms with van der Waals surface area (Å²) in [4.78, 5) is 8.89. The van der Waals surface area contributed by atoms with Crippen molar-refractivity contribution in [3.63, 3.8) is 0 Å². The second-order valence-corrected chi connectivity index (χ2v) is 9.43. The van der Waals surface area contributed by atoms with Crippen LogP contribution in [0.5, 0.6) is 0 Å². The Labute approximate surface area is 160 Å². The molecule has 0 aliphatic carbocycles. The summed E-state index contributed by atoms with van der Waals surface area (Å²) in [5, 5.41) is 13.3. The summed E-state index contributed by atoms with van der Waals surface area (Å²) in [6.07, 6.45) is 1.14. The lowest BCUT2D eigenvalue weighted by molar-refractivity contribution is -0.302. The molecule has 0 fully saturated rings. The molecule has 0 amide bonds. The van der Waals surface area contributed by atoms with Crippen LogP contribution in [0.25, 0.3) is 0 Å². The van der Waals surface area contributed by atoms with Crippen LogP contribution < -0.4 is 21.0 Å². The van der Waals surface area contributed by atoms with Crippen molar-refractivity contribution in [1.29, 1.82) is 0 Å². The number of aliphatic carboxylic acids is 1. The van der Waals surface area contributed by atoms with Crippen LogP contribution in [0.1, 0.15) is 13.8 Å². The highest BCUT2D eigenvalue weighted by molar-refractivity contribution is 7.95. The van der Waals surface area contributed by atoms with Gasteiger partial charge in [0, 0.05) is 5.97 Å². The van der Waals surface area contributed by atoms with E-state index >= 15 is 0 Å². The lowest BCUT2D eigenvalue weighted by Gasteiger charge is -2.26. The number of carbonyl (C=O) groups excluding carboxylic acids is 1. The molecular weight excluding hydrogens is 358 g/mol. The third kappa shape index (κ3) is 5.24. The summed E-state index contributed by atoms with van der Waals surface area (Å²) in [5.74, 6) is -1.08. The molecule has 0 bridgehead atoms. The van der Waals surface area contributed by atoms with Crippen molar-refractivity contribution in [2.45, 2.75) is 13.8 Å². The van der Waals surface area contributed by atoms with E-state index in [1.54, 1.807) is 0 Å². The van der Waals surface area contributed by atoms with Gasteiger partial charge in [0.2, 0.25) is 0 Å². The first-order valence-electron chi connectivity index (χ1n) is 8.33. The zero-order chi connectivity index (χ0) is 18.1. The maximum Gasteiger partial charge on any atom is 0.111 e. The molecule has 3 rings (SSSR count). The lowest BCUT2D eigenvalue weighted by atomic mass is 10.4. The highest BCUT2D eigenvalue weighted by Crippen LogP contribution is 2.54. The molecule has 0 saturated heterocycles. The quantitative estimate of drug-likeness (QED) is 0.649. The molecule has 0 heterocycles. The molecular formula is C22H26O2P2. The van der Waals surface area contributed by atoms with Crippen LogP contribution in [-0.2, 0) is 4.79 Å². The molecule has 0 radical (unpaired) electrons. The molecule has 3 aromatic rings. The Kier molecular flexibility index (Phi) is 9.21. The summed E-state index contributed by atoms with van der Waals surface area (Å²) < 4.78 is 0. The maximum absolute atomic E-state index is 8.89. The Hall–Kier alpha value is -2.01. The Morgan fingerprint density at radius 3 is 1.15 bits per heavy atom. The van der Waals surface area contributed by atoms with E-state index in [0.717, 1.165) is 13.1 Å². The van der Waals surface area contributed by atoms with Crippen LogP contribution in [0.2, 0.25) is 0 Å². The largest absolute Gasteiger partial charge is 0.550 e. The first kappa shape index (κ1) is 22.0. The van der Waals surface area contributed by atoms with Gasteiger partial charge in [-0.25, -0.2) is 0 Å². The molecule has 1 atom stereocenters. The minimum absolute atomic E-state index is 0. The van der Waals surface area contributed by atoms with Gasteiger partial charge < -0.3 is 9.90 Å². The van der Waals surface area contributed by atoms with Crippen molar-refractivity contribution in [1.82, 2.24) is 0 Å². The minimum atomic E-state index is -1.53. The summed E-state index contributed by atoms with van der Waals surface area (Å²) >= 11 is 0. The normalized spacial score (nSPS) is 10.1. The first-order valence-corrected chi connectivity index (χ1v) is 10.3. The van der Waals surface area contributed by atoms with Crippen LogP contribution in [0, 0.1) is 0 Å². The van der Waals surface area contributed by atoms with E-state index in [0.29, 0.717) is 0 Å². The van der Waals surface area contributed by atoms with Gasteiger partial charge in [0.15, 0.2) is 0 Å². The van der Waals surface area contributed by atoms with Crippen molar-refractivity contribution in [2.24, 2.45) is 0 Å². The van der Waals surface area contributed by atoms with E-state index in [9.17, 15) is 0 Å². The lowest BCUT2D eigenvalue weighted by Crippen LogP contribution is -2.32. The molecule has 136 valence electrons. The molecule has 0 aliphatic rings. The van der Waals surface area contributed by atoms with Gasteiger partial charge in [-0.15, -0.1) is 0 Å². The summed E-state index contributed by atoms with van der Waals surface area (Å²) in [5.41, 5.74) is 0. The predicted molar refractivity (Wildman–Crippen MR) is 117 cm³/mol. The molecule has 26 heavy (non-hydrogen) atoms. The van der Waals surface area contributed by atoms with Crippen LogP contribution in [0.4, 0.5) is 0 Å². The Bertz CT molecular complexity index is 674. The molecule has 1 unspecified atom stereocenters. The Balaban J connectivity index is 0.000000616. The van der Waals surface area contributed by atoms with Gasteiger partial charge >= 0.3 is 0 Å². The van der Waals surface area contributed by atoms with Gasteiger partial charge in [-0.2, -0.15) is 9.90 Å². The molecule has 0 saturated carbocycles. The molecule has 2 nitrogen and oxygen atoms in total. The summed E-state index contributed by atoms with van der Waals surface area (Å²) in [7, 11) is -1.53. The SMILES string of the molecule is CC(=O)[O-].CC[P+](c1ccccc1)(c1ccccc1)c1ccccc1.P. The Morgan fingerprint density at radius 2 is 0.962 bits per heavy atom. The van der Waals surface area contributed by atoms with E-state index in [-0.39, 0.29) is 9.90 Å². The fraction of sp³-hybridized carbons (Fsp3) is 0.136. The standard InChI is InChI=1S/C20H20P.C2H4O2.H3P/c1-2-21(18-12-6-3-7-13-18,19-14-8-4-9-15-19)20-16-10-5-11-17-20;1-2(3)4;/h3-17H,2H2,1H3;1H3,(H,3,4);1H3/q+1;;/p-1. The average Bonchev–Trinajstić information content (AvgIpc) is 2.65. The summed E-state index contributed by atoms with van der Waals surface area (Å²) in [6, 6.07) is 33.0. The minimum Gasteiger partial charge on any atom is -0.550 e.